The van der Waals surface area contributed by atoms with Crippen LogP contribution in [0.2, 0.25) is 5.02 Å². The van der Waals surface area contributed by atoms with Crippen LogP contribution in [-0.2, 0) is 4.79 Å². The van der Waals surface area contributed by atoms with E-state index < -0.39 is 11.9 Å². The van der Waals surface area contributed by atoms with Gasteiger partial charge in [0, 0.05) is 16.6 Å². The van der Waals surface area contributed by atoms with Crippen LogP contribution >= 0.6 is 11.6 Å². The molecule has 1 saturated carbocycles. The van der Waals surface area contributed by atoms with Crippen molar-refractivity contribution in [1.29, 1.82) is 0 Å². The molecule has 2 aromatic rings. The van der Waals surface area contributed by atoms with E-state index in [1.54, 1.807) is 12.3 Å². The molecule has 0 bridgehead atoms. The van der Waals surface area contributed by atoms with Crippen LogP contribution in [0.3, 0.4) is 0 Å². The van der Waals surface area contributed by atoms with Gasteiger partial charge >= 0.3 is 5.97 Å². The number of hydrogen-bond donors (Lipinski definition) is 1. The molecule has 1 fully saturated rings. The molecular weight excluding hydrogens is 250 g/mol. The monoisotopic (exact) mass is 261 g/mol. The fourth-order valence-electron chi connectivity index (χ4n) is 2.34. The zero-order chi connectivity index (χ0) is 12.7. The third kappa shape index (κ3) is 2.06. The largest absolute Gasteiger partial charge is 0.481 e. The van der Waals surface area contributed by atoms with E-state index in [-0.39, 0.29) is 5.92 Å². The molecule has 1 aliphatic rings. The molecule has 1 atom stereocenters. The minimum atomic E-state index is -0.763. The van der Waals surface area contributed by atoms with Crippen molar-refractivity contribution in [2.45, 2.75) is 18.8 Å². The summed E-state index contributed by atoms with van der Waals surface area (Å²) >= 11 is 5.94. The van der Waals surface area contributed by atoms with E-state index in [9.17, 15) is 9.90 Å². The summed E-state index contributed by atoms with van der Waals surface area (Å²) in [5, 5.41) is 10.8. The van der Waals surface area contributed by atoms with Crippen molar-refractivity contribution in [3.05, 3.63) is 41.0 Å². The summed E-state index contributed by atoms with van der Waals surface area (Å²) in [4.78, 5) is 15.6. The van der Waals surface area contributed by atoms with Gasteiger partial charge in [-0.15, -0.1) is 0 Å². The van der Waals surface area contributed by atoms with E-state index in [2.05, 4.69) is 4.98 Å². The van der Waals surface area contributed by atoms with Crippen LogP contribution in [0.4, 0.5) is 0 Å². The van der Waals surface area contributed by atoms with E-state index in [1.807, 2.05) is 18.2 Å². The molecule has 0 radical (unpaired) electrons. The highest BCUT2D eigenvalue weighted by Gasteiger charge is 2.37. The molecule has 1 aliphatic carbocycles. The molecule has 3 rings (SSSR count). The number of carboxylic acid groups (broad SMARTS) is 1. The van der Waals surface area contributed by atoms with Gasteiger partial charge in [-0.2, -0.15) is 0 Å². The third-order valence-corrected chi connectivity index (χ3v) is 3.62. The number of benzene rings is 1. The van der Waals surface area contributed by atoms with Gasteiger partial charge in [-0.3, -0.25) is 9.78 Å². The van der Waals surface area contributed by atoms with Crippen LogP contribution < -0.4 is 0 Å². The number of rotatable bonds is 3. The number of nitrogens with zero attached hydrogens (tertiary/aromatic N) is 1. The van der Waals surface area contributed by atoms with Crippen molar-refractivity contribution in [3.8, 4) is 0 Å². The Morgan fingerprint density at radius 1 is 1.39 bits per heavy atom. The molecule has 1 N–H and O–H groups in total. The Labute approximate surface area is 109 Å². The molecular formula is C14H12ClNO2. The SMILES string of the molecule is O=C(O)C(c1cnc2ccc(Cl)cc2c1)C1CC1. The number of hydrogen-bond acceptors (Lipinski definition) is 2. The van der Waals surface area contributed by atoms with Gasteiger partial charge in [0.1, 0.15) is 0 Å². The Balaban J connectivity index is 2.08. The topological polar surface area (TPSA) is 50.2 Å². The van der Waals surface area contributed by atoms with Gasteiger partial charge in [0.15, 0.2) is 0 Å². The minimum Gasteiger partial charge on any atom is -0.481 e. The number of aromatic nitrogens is 1. The standard InChI is InChI=1S/C14H12ClNO2/c15-11-3-4-12-9(6-11)5-10(7-16-12)13(14(17)18)8-1-2-8/h3-8,13H,1-2H2,(H,17,18). The summed E-state index contributed by atoms with van der Waals surface area (Å²) in [5.41, 5.74) is 1.61. The Kier molecular flexibility index (Phi) is 2.71. The quantitative estimate of drug-likeness (QED) is 0.920. The molecule has 0 saturated heterocycles. The normalized spacial score (nSPS) is 16.7. The molecule has 3 nitrogen and oxygen atoms in total. The predicted molar refractivity (Wildman–Crippen MR) is 69.9 cm³/mol. The summed E-state index contributed by atoms with van der Waals surface area (Å²) in [6.07, 6.45) is 3.66. The van der Waals surface area contributed by atoms with E-state index in [1.165, 1.54) is 0 Å². The van der Waals surface area contributed by atoms with Crippen LogP contribution in [0.15, 0.2) is 30.5 Å². The maximum absolute atomic E-state index is 11.3. The highest BCUT2D eigenvalue weighted by molar-refractivity contribution is 6.31. The second-order valence-corrected chi connectivity index (χ2v) is 5.20. The van der Waals surface area contributed by atoms with Gasteiger partial charge in [-0.1, -0.05) is 11.6 Å². The highest BCUT2D eigenvalue weighted by atomic mass is 35.5. The molecule has 1 aromatic heterocycles. The second kappa shape index (κ2) is 4.25. The molecule has 18 heavy (non-hydrogen) atoms. The minimum absolute atomic E-state index is 0.265. The van der Waals surface area contributed by atoms with Gasteiger partial charge in [0.25, 0.3) is 0 Å². The van der Waals surface area contributed by atoms with Gasteiger partial charge in [-0.05, 0) is 48.6 Å². The number of halogens is 1. The summed E-state index contributed by atoms with van der Waals surface area (Å²) in [7, 11) is 0. The Morgan fingerprint density at radius 3 is 2.83 bits per heavy atom. The zero-order valence-electron chi connectivity index (χ0n) is 9.64. The molecule has 0 amide bonds. The van der Waals surface area contributed by atoms with Crippen molar-refractivity contribution in [1.82, 2.24) is 4.98 Å². The van der Waals surface area contributed by atoms with Crippen molar-refractivity contribution >= 4 is 28.5 Å². The molecule has 0 aliphatic heterocycles. The van der Waals surface area contributed by atoms with E-state index in [0.717, 1.165) is 29.3 Å². The first-order valence-corrected chi connectivity index (χ1v) is 6.31. The first kappa shape index (κ1) is 11.5. The molecule has 0 spiro atoms. The van der Waals surface area contributed by atoms with Crippen LogP contribution in [0.25, 0.3) is 10.9 Å². The van der Waals surface area contributed by atoms with Gasteiger partial charge in [0.2, 0.25) is 0 Å². The fraction of sp³-hybridized carbons (Fsp3) is 0.286. The van der Waals surface area contributed by atoms with Crippen molar-refractivity contribution in [3.63, 3.8) is 0 Å². The lowest BCUT2D eigenvalue weighted by molar-refractivity contribution is -0.139. The Bertz CT molecular complexity index is 622. The summed E-state index contributed by atoms with van der Waals surface area (Å²) < 4.78 is 0. The molecule has 1 unspecified atom stereocenters. The second-order valence-electron chi connectivity index (χ2n) is 4.76. The van der Waals surface area contributed by atoms with Crippen LogP contribution in [0.1, 0.15) is 24.3 Å². The van der Waals surface area contributed by atoms with Crippen LogP contribution in [0.5, 0.6) is 0 Å². The van der Waals surface area contributed by atoms with E-state index >= 15 is 0 Å². The summed E-state index contributed by atoms with van der Waals surface area (Å²) in [6.45, 7) is 0. The Morgan fingerprint density at radius 2 is 2.17 bits per heavy atom. The number of fused-ring (bicyclic) bond motifs is 1. The zero-order valence-corrected chi connectivity index (χ0v) is 10.4. The molecule has 1 heterocycles. The summed E-state index contributed by atoms with van der Waals surface area (Å²) in [6, 6.07) is 7.34. The maximum atomic E-state index is 11.3. The van der Waals surface area contributed by atoms with Gasteiger partial charge in [0.05, 0.1) is 11.4 Å². The predicted octanol–water partition coefficient (Wildman–Crippen LogP) is 3.47. The van der Waals surface area contributed by atoms with Crippen molar-refractivity contribution < 1.29 is 9.90 Å². The lowest BCUT2D eigenvalue weighted by Gasteiger charge is -2.11. The van der Waals surface area contributed by atoms with Crippen molar-refractivity contribution in [2.75, 3.05) is 0 Å². The number of aliphatic carboxylic acids is 1. The fourth-order valence-corrected chi connectivity index (χ4v) is 2.52. The van der Waals surface area contributed by atoms with Crippen LogP contribution in [-0.4, -0.2) is 16.1 Å². The number of carbonyl (C=O) groups is 1. The number of pyridine rings is 1. The van der Waals surface area contributed by atoms with Gasteiger partial charge < -0.3 is 5.11 Å². The van der Waals surface area contributed by atoms with E-state index in [4.69, 9.17) is 11.6 Å². The van der Waals surface area contributed by atoms with Crippen LogP contribution in [0, 0.1) is 5.92 Å². The molecule has 92 valence electrons. The third-order valence-electron chi connectivity index (χ3n) is 3.38. The smallest absolute Gasteiger partial charge is 0.311 e. The number of carboxylic acids is 1. The van der Waals surface area contributed by atoms with Crippen molar-refractivity contribution in [2.24, 2.45) is 5.92 Å². The first-order valence-electron chi connectivity index (χ1n) is 5.93. The highest BCUT2D eigenvalue weighted by Crippen LogP contribution is 2.43. The molecule has 4 heteroatoms. The van der Waals surface area contributed by atoms with E-state index in [0.29, 0.717) is 5.02 Å². The lowest BCUT2D eigenvalue weighted by atomic mass is 9.95. The summed E-state index contributed by atoms with van der Waals surface area (Å²) in [5.74, 6) is -0.928. The average Bonchev–Trinajstić information content (AvgIpc) is 3.12. The molecule has 1 aromatic carbocycles. The maximum Gasteiger partial charge on any atom is 0.311 e. The lowest BCUT2D eigenvalue weighted by Crippen LogP contribution is -2.13. The first-order chi connectivity index (χ1) is 8.65. The average molecular weight is 262 g/mol. The Hall–Kier alpha value is -1.61. The van der Waals surface area contributed by atoms with Gasteiger partial charge in [-0.25, -0.2) is 0 Å².